The van der Waals surface area contributed by atoms with Crippen molar-refractivity contribution in [1.82, 2.24) is 10.2 Å². The fraction of sp³-hybridized carbons (Fsp3) is 0.368. The smallest absolute Gasteiger partial charge is 0.278 e. The van der Waals surface area contributed by atoms with Crippen LogP contribution in [0, 0.1) is 0 Å². The highest BCUT2D eigenvalue weighted by Crippen LogP contribution is 2.22. The summed E-state index contributed by atoms with van der Waals surface area (Å²) in [6.45, 7) is 5.29. The van der Waals surface area contributed by atoms with E-state index in [0.717, 1.165) is 0 Å². The number of nitrogens with two attached hydrogens (primary N) is 1. The molecule has 0 aliphatic heterocycles. The van der Waals surface area contributed by atoms with Gasteiger partial charge in [-0.3, -0.25) is 9.59 Å². The molecule has 3 N–H and O–H groups in total. The van der Waals surface area contributed by atoms with Crippen LogP contribution in [0.4, 0.5) is 0 Å². The molecule has 2 amide bonds. The van der Waals surface area contributed by atoms with Gasteiger partial charge < -0.3 is 15.5 Å². The van der Waals surface area contributed by atoms with Crippen molar-refractivity contribution >= 4 is 23.2 Å². The zero-order valence-corrected chi connectivity index (χ0v) is 15.6. The molecule has 1 aromatic heterocycles. The number of benzene rings is 1. The Kier molecular flexibility index (Phi) is 7.63. The third-order valence-corrected chi connectivity index (χ3v) is 4.93. The normalized spacial score (nSPS) is 11.8. The SMILES string of the molecule is CCNC(=O)CN(CC)C(=O)C[NH2+][C@@H](c1ccccc1)c1cccs1. The first-order valence-corrected chi connectivity index (χ1v) is 9.49. The Labute approximate surface area is 153 Å². The maximum Gasteiger partial charge on any atom is 0.278 e. The van der Waals surface area contributed by atoms with Crippen LogP contribution in [0.1, 0.15) is 30.3 Å². The van der Waals surface area contributed by atoms with Gasteiger partial charge in [0.2, 0.25) is 5.91 Å². The number of nitrogens with one attached hydrogen (secondary N) is 1. The average molecular weight is 361 g/mol. The summed E-state index contributed by atoms with van der Waals surface area (Å²) in [4.78, 5) is 27.1. The second-order valence-corrected chi connectivity index (χ2v) is 6.68. The van der Waals surface area contributed by atoms with Crippen molar-refractivity contribution in [3.8, 4) is 0 Å². The van der Waals surface area contributed by atoms with E-state index in [1.54, 1.807) is 16.2 Å². The minimum absolute atomic E-state index is 0.0220. The molecule has 1 aromatic carbocycles. The van der Waals surface area contributed by atoms with Crippen molar-refractivity contribution in [2.45, 2.75) is 19.9 Å². The van der Waals surface area contributed by atoms with E-state index in [-0.39, 0.29) is 24.4 Å². The Morgan fingerprint density at radius 1 is 1.16 bits per heavy atom. The number of thiophene rings is 1. The molecule has 0 fully saturated rings. The summed E-state index contributed by atoms with van der Waals surface area (Å²) in [5.41, 5.74) is 1.17. The highest BCUT2D eigenvalue weighted by atomic mass is 32.1. The van der Waals surface area contributed by atoms with Gasteiger partial charge in [-0.25, -0.2) is 0 Å². The average Bonchev–Trinajstić information content (AvgIpc) is 3.15. The molecule has 25 heavy (non-hydrogen) atoms. The molecule has 5 nitrogen and oxygen atoms in total. The number of rotatable bonds is 9. The van der Waals surface area contributed by atoms with E-state index >= 15 is 0 Å². The second-order valence-electron chi connectivity index (χ2n) is 5.71. The van der Waals surface area contributed by atoms with Gasteiger partial charge in [-0.05, 0) is 25.3 Å². The van der Waals surface area contributed by atoms with Crippen LogP contribution in [0.5, 0.6) is 0 Å². The summed E-state index contributed by atoms with van der Waals surface area (Å²) in [6, 6.07) is 14.4. The third kappa shape index (κ3) is 5.69. The van der Waals surface area contributed by atoms with E-state index in [4.69, 9.17) is 0 Å². The number of carbonyl (C=O) groups is 2. The minimum atomic E-state index is -0.115. The van der Waals surface area contributed by atoms with E-state index < -0.39 is 0 Å². The van der Waals surface area contributed by atoms with Gasteiger partial charge in [-0.2, -0.15) is 0 Å². The molecular weight excluding hydrogens is 334 g/mol. The molecule has 2 aromatic rings. The van der Waals surface area contributed by atoms with Crippen molar-refractivity contribution in [3.05, 3.63) is 58.3 Å². The molecule has 1 atom stereocenters. The van der Waals surface area contributed by atoms with Crippen molar-refractivity contribution in [2.24, 2.45) is 0 Å². The maximum absolute atomic E-state index is 12.5. The van der Waals surface area contributed by atoms with E-state index in [9.17, 15) is 9.59 Å². The van der Waals surface area contributed by atoms with Crippen LogP contribution in [0.3, 0.4) is 0 Å². The summed E-state index contributed by atoms with van der Waals surface area (Å²) in [5.74, 6) is -0.137. The zero-order valence-electron chi connectivity index (χ0n) is 14.8. The van der Waals surface area contributed by atoms with Gasteiger partial charge in [-0.15, -0.1) is 11.3 Å². The number of quaternary nitrogens is 1. The van der Waals surface area contributed by atoms with Crippen LogP contribution in [-0.2, 0) is 9.59 Å². The lowest BCUT2D eigenvalue weighted by molar-refractivity contribution is -0.676. The van der Waals surface area contributed by atoms with Crippen molar-refractivity contribution in [2.75, 3.05) is 26.2 Å². The molecule has 0 saturated heterocycles. The number of amides is 2. The van der Waals surface area contributed by atoms with Gasteiger partial charge in [0.15, 0.2) is 6.54 Å². The second kappa shape index (κ2) is 9.96. The first-order valence-electron chi connectivity index (χ1n) is 8.61. The highest BCUT2D eigenvalue weighted by Gasteiger charge is 2.22. The number of carbonyl (C=O) groups excluding carboxylic acids is 2. The Morgan fingerprint density at radius 3 is 2.52 bits per heavy atom. The Morgan fingerprint density at radius 2 is 1.92 bits per heavy atom. The Hall–Kier alpha value is -2.18. The molecule has 0 radical (unpaired) electrons. The highest BCUT2D eigenvalue weighted by molar-refractivity contribution is 7.10. The summed E-state index contributed by atoms with van der Waals surface area (Å²) in [7, 11) is 0. The molecule has 0 bridgehead atoms. The van der Waals surface area contributed by atoms with Gasteiger partial charge in [0.1, 0.15) is 6.04 Å². The fourth-order valence-corrected chi connectivity index (χ4v) is 3.55. The van der Waals surface area contributed by atoms with Gasteiger partial charge in [-0.1, -0.05) is 36.4 Å². The van der Waals surface area contributed by atoms with Gasteiger partial charge in [0.05, 0.1) is 11.4 Å². The van der Waals surface area contributed by atoms with Gasteiger partial charge in [0, 0.05) is 18.7 Å². The van der Waals surface area contributed by atoms with Crippen LogP contribution in [0.25, 0.3) is 0 Å². The predicted octanol–water partition coefficient (Wildman–Crippen LogP) is 1.39. The molecule has 1 heterocycles. The Bertz CT molecular complexity index is 659. The number of likely N-dealkylation sites (N-methyl/N-ethyl adjacent to an activating group) is 2. The maximum atomic E-state index is 12.5. The lowest BCUT2D eigenvalue weighted by Crippen LogP contribution is -2.87. The molecule has 0 spiro atoms. The number of hydrogen-bond acceptors (Lipinski definition) is 3. The molecular formula is C19H26N3O2S+. The van der Waals surface area contributed by atoms with E-state index in [2.05, 4.69) is 23.5 Å². The molecule has 0 aliphatic carbocycles. The quantitative estimate of drug-likeness (QED) is 0.710. The van der Waals surface area contributed by atoms with E-state index in [0.29, 0.717) is 19.6 Å². The van der Waals surface area contributed by atoms with Crippen LogP contribution in [0.15, 0.2) is 47.8 Å². The zero-order chi connectivity index (χ0) is 18.1. The van der Waals surface area contributed by atoms with Crippen molar-refractivity contribution < 1.29 is 14.9 Å². The predicted molar refractivity (Wildman–Crippen MR) is 100 cm³/mol. The molecule has 0 saturated carbocycles. The largest absolute Gasteiger partial charge is 0.355 e. The summed E-state index contributed by atoms with van der Waals surface area (Å²) in [6.07, 6.45) is 0. The van der Waals surface area contributed by atoms with Crippen LogP contribution in [0.2, 0.25) is 0 Å². The summed E-state index contributed by atoms with van der Waals surface area (Å²) < 4.78 is 0. The summed E-state index contributed by atoms with van der Waals surface area (Å²) >= 11 is 1.69. The van der Waals surface area contributed by atoms with Crippen LogP contribution in [-0.4, -0.2) is 42.9 Å². The molecule has 134 valence electrons. The lowest BCUT2D eigenvalue weighted by atomic mass is 10.1. The third-order valence-electron chi connectivity index (χ3n) is 3.98. The standard InChI is InChI=1S/C19H25N3O2S/c1-3-20-17(23)14-22(4-2)18(24)13-21-19(16-11-8-12-25-16)15-9-6-5-7-10-15/h5-12,19,21H,3-4,13-14H2,1-2H3,(H,20,23)/p+1/t19-/m0/s1. The monoisotopic (exact) mass is 360 g/mol. The number of nitrogens with zero attached hydrogens (tertiary/aromatic N) is 1. The van der Waals surface area contributed by atoms with E-state index in [1.165, 1.54) is 10.4 Å². The molecule has 6 heteroatoms. The first-order chi connectivity index (χ1) is 12.2. The fourth-order valence-electron chi connectivity index (χ4n) is 2.70. The Balaban J connectivity index is 2.02. The van der Waals surface area contributed by atoms with Crippen LogP contribution >= 0.6 is 11.3 Å². The van der Waals surface area contributed by atoms with Gasteiger partial charge >= 0.3 is 0 Å². The van der Waals surface area contributed by atoms with Crippen LogP contribution < -0.4 is 10.6 Å². The van der Waals surface area contributed by atoms with E-state index in [1.807, 2.05) is 48.8 Å². The first kappa shape index (κ1) is 19.1. The number of hydrogen-bond donors (Lipinski definition) is 2. The lowest BCUT2D eigenvalue weighted by Gasteiger charge is -2.21. The summed E-state index contributed by atoms with van der Waals surface area (Å²) in [5, 5.41) is 6.83. The molecule has 0 unspecified atom stereocenters. The minimum Gasteiger partial charge on any atom is -0.355 e. The van der Waals surface area contributed by atoms with Crippen molar-refractivity contribution in [1.29, 1.82) is 0 Å². The van der Waals surface area contributed by atoms with Gasteiger partial charge in [0.25, 0.3) is 5.91 Å². The topological polar surface area (TPSA) is 66.0 Å². The molecule has 0 aliphatic rings. The van der Waals surface area contributed by atoms with Crippen molar-refractivity contribution in [3.63, 3.8) is 0 Å². The molecule has 2 rings (SSSR count).